The molecule has 0 aliphatic heterocycles. The summed E-state index contributed by atoms with van der Waals surface area (Å²) < 4.78 is 5.32. The van der Waals surface area contributed by atoms with Crippen LogP contribution in [-0.2, 0) is 9.53 Å². The van der Waals surface area contributed by atoms with E-state index < -0.39 is 24.2 Å². The number of ether oxygens (including phenoxy) is 1. The van der Waals surface area contributed by atoms with Crippen molar-refractivity contribution in [3.63, 3.8) is 0 Å². The monoisotopic (exact) mass is 369 g/mol. The number of carboxylic acids is 1. The third-order valence-electron chi connectivity index (χ3n) is 4.85. The Balaban J connectivity index is 1.69. The van der Waals surface area contributed by atoms with Crippen LogP contribution in [0.5, 0.6) is 0 Å². The van der Waals surface area contributed by atoms with Crippen molar-refractivity contribution in [3.8, 4) is 11.1 Å². The van der Waals surface area contributed by atoms with E-state index in [9.17, 15) is 19.8 Å². The lowest BCUT2D eigenvalue weighted by atomic mass is 9.98. The molecule has 0 bridgehead atoms. The lowest BCUT2D eigenvalue weighted by Crippen LogP contribution is -2.49. The van der Waals surface area contributed by atoms with Gasteiger partial charge in [-0.15, -0.1) is 0 Å². The minimum absolute atomic E-state index is 0.0933. The Bertz CT molecular complexity index is 789. The van der Waals surface area contributed by atoms with Crippen LogP contribution in [0, 0.1) is 0 Å². The first-order chi connectivity index (χ1) is 13.0. The van der Waals surface area contributed by atoms with E-state index in [1.54, 1.807) is 0 Å². The van der Waals surface area contributed by atoms with Gasteiger partial charge in [0, 0.05) is 5.92 Å². The zero-order valence-electron chi connectivity index (χ0n) is 15.1. The number of hydrogen-bond donors (Lipinski definition) is 3. The number of carboxylic acid groups (broad SMARTS) is 1. The normalized spacial score (nSPS) is 14.7. The van der Waals surface area contributed by atoms with Crippen LogP contribution < -0.4 is 5.32 Å². The van der Waals surface area contributed by atoms with Crippen LogP contribution in [0.3, 0.4) is 0 Å². The SMILES string of the molecule is CCCC(O)C(NC(=O)OCC1c2ccccc2-c2ccccc21)C(=O)O. The number of aliphatic hydroxyl groups excluding tert-OH is 1. The van der Waals surface area contributed by atoms with E-state index in [-0.39, 0.29) is 18.9 Å². The van der Waals surface area contributed by atoms with Crippen LogP contribution in [0.15, 0.2) is 48.5 Å². The van der Waals surface area contributed by atoms with Crippen LogP contribution in [0.4, 0.5) is 4.79 Å². The molecule has 0 spiro atoms. The van der Waals surface area contributed by atoms with Crippen molar-refractivity contribution in [2.75, 3.05) is 6.61 Å². The lowest BCUT2D eigenvalue weighted by molar-refractivity contribution is -0.142. The Hall–Kier alpha value is -2.86. The fourth-order valence-corrected chi connectivity index (χ4v) is 3.55. The summed E-state index contributed by atoms with van der Waals surface area (Å²) in [5.74, 6) is -1.39. The van der Waals surface area contributed by atoms with Crippen molar-refractivity contribution in [1.29, 1.82) is 0 Å². The maximum Gasteiger partial charge on any atom is 0.407 e. The number of nitrogens with one attached hydrogen (secondary N) is 1. The lowest BCUT2D eigenvalue weighted by Gasteiger charge is -2.20. The molecule has 2 aromatic carbocycles. The van der Waals surface area contributed by atoms with Gasteiger partial charge < -0.3 is 20.3 Å². The minimum atomic E-state index is -1.39. The van der Waals surface area contributed by atoms with Gasteiger partial charge in [-0.2, -0.15) is 0 Å². The van der Waals surface area contributed by atoms with Crippen LogP contribution in [0.2, 0.25) is 0 Å². The summed E-state index contributed by atoms with van der Waals surface area (Å²) in [4.78, 5) is 23.4. The van der Waals surface area contributed by atoms with Gasteiger partial charge in [-0.1, -0.05) is 61.9 Å². The summed E-state index contributed by atoms with van der Waals surface area (Å²) >= 11 is 0. The molecule has 0 saturated heterocycles. The van der Waals surface area contributed by atoms with E-state index in [0.29, 0.717) is 6.42 Å². The molecule has 27 heavy (non-hydrogen) atoms. The summed E-state index contributed by atoms with van der Waals surface area (Å²) in [6.07, 6.45) is -1.12. The second-order valence-corrected chi connectivity index (χ2v) is 6.64. The minimum Gasteiger partial charge on any atom is -0.480 e. The second-order valence-electron chi connectivity index (χ2n) is 6.64. The van der Waals surface area contributed by atoms with Gasteiger partial charge in [-0.3, -0.25) is 0 Å². The smallest absolute Gasteiger partial charge is 0.407 e. The van der Waals surface area contributed by atoms with E-state index in [1.807, 2.05) is 55.5 Å². The molecule has 0 radical (unpaired) electrons. The van der Waals surface area contributed by atoms with E-state index in [2.05, 4.69) is 5.32 Å². The standard InChI is InChI=1S/C21H23NO5/c1-2-7-18(23)19(20(24)25)22-21(26)27-12-17-15-10-5-3-8-13(15)14-9-4-6-11-16(14)17/h3-6,8-11,17-19,23H,2,7,12H2,1H3,(H,22,26)(H,24,25). The Morgan fingerprint density at radius 3 is 2.15 bits per heavy atom. The van der Waals surface area contributed by atoms with Gasteiger partial charge in [0.1, 0.15) is 6.61 Å². The van der Waals surface area contributed by atoms with Crippen molar-refractivity contribution < 1.29 is 24.5 Å². The fourth-order valence-electron chi connectivity index (χ4n) is 3.55. The molecule has 3 rings (SSSR count). The van der Waals surface area contributed by atoms with E-state index in [1.165, 1.54) is 0 Å². The molecule has 3 N–H and O–H groups in total. The van der Waals surface area contributed by atoms with Gasteiger partial charge in [0.25, 0.3) is 0 Å². The van der Waals surface area contributed by atoms with Gasteiger partial charge >= 0.3 is 12.1 Å². The molecule has 6 heteroatoms. The van der Waals surface area contributed by atoms with Crippen molar-refractivity contribution in [2.45, 2.75) is 37.8 Å². The molecule has 0 fully saturated rings. The van der Waals surface area contributed by atoms with E-state index in [0.717, 1.165) is 22.3 Å². The first-order valence-electron chi connectivity index (χ1n) is 9.05. The molecule has 1 aliphatic carbocycles. The molecule has 1 amide bonds. The molecule has 1 aliphatic rings. The van der Waals surface area contributed by atoms with Gasteiger partial charge in [0.05, 0.1) is 6.10 Å². The number of aliphatic carboxylic acids is 1. The summed E-state index contributed by atoms with van der Waals surface area (Å²) in [6, 6.07) is 14.5. The summed E-state index contributed by atoms with van der Waals surface area (Å²) in [7, 11) is 0. The predicted octanol–water partition coefficient (Wildman–Crippen LogP) is 3.14. The molecule has 142 valence electrons. The van der Waals surface area contributed by atoms with Crippen molar-refractivity contribution in [2.24, 2.45) is 0 Å². The van der Waals surface area contributed by atoms with Gasteiger partial charge in [-0.05, 0) is 28.7 Å². The molecule has 6 nitrogen and oxygen atoms in total. The molecule has 2 aromatic rings. The third-order valence-corrected chi connectivity index (χ3v) is 4.85. The van der Waals surface area contributed by atoms with Crippen LogP contribution >= 0.6 is 0 Å². The summed E-state index contributed by atoms with van der Waals surface area (Å²) in [5, 5.41) is 21.4. The first kappa shape index (κ1) is 18.9. The Morgan fingerprint density at radius 1 is 1.07 bits per heavy atom. The van der Waals surface area contributed by atoms with Gasteiger partial charge in [0.15, 0.2) is 6.04 Å². The topological polar surface area (TPSA) is 95.9 Å². The number of carbonyl (C=O) groups excluding carboxylic acids is 1. The molecule has 2 atom stereocenters. The number of amides is 1. The quantitative estimate of drug-likeness (QED) is 0.697. The van der Waals surface area contributed by atoms with Crippen molar-refractivity contribution in [3.05, 3.63) is 59.7 Å². The average molecular weight is 369 g/mol. The van der Waals surface area contributed by atoms with Gasteiger partial charge in [-0.25, -0.2) is 9.59 Å². The number of rotatable bonds is 7. The van der Waals surface area contributed by atoms with Crippen molar-refractivity contribution in [1.82, 2.24) is 5.32 Å². The highest BCUT2D eigenvalue weighted by Gasteiger charge is 2.31. The zero-order valence-corrected chi connectivity index (χ0v) is 15.1. The van der Waals surface area contributed by atoms with Crippen LogP contribution in [0.25, 0.3) is 11.1 Å². The van der Waals surface area contributed by atoms with Gasteiger partial charge in [0.2, 0.25) is 0 Å². The molecule has 0 saturated carbocycles. The molecular weight excluding hydrogens is 346 g/mol. The highest BCUT2D eigenvalue weighted by molar-refractivity contribution is 5.81. The number of hydrogen-bond acceptors (Lipinski definition) is 4. The number of fused-ring (bicyclic) bond motifs is 3. The predicted molar refractivity (Wildman–Crippen MR) is 101 cm³/mol. The van der Waals surface area contributed by atoms with Crippen molar-refractivity contribution >= 4 is 12.1 Å². The highest BCUT2D eigenvalue weighted by atomic mass is 16.5. The molecular formula is C21H23NO5. The number of aliphatic hydroxyl groups is 1. The average Bonchev–Trinajstić information content (AvgIpc) is 2.98. The number of carbonyl (C=O) groups is 2. The maximum absolute atomic E-state index is 12.1. The third kappa shape index (κ3) is 3.95. The van der Waals surface area contributed by atoms with Crippen LogP contribution in [-0.4, -0.2) is 41.0 Å². The molecule has 2 unspecified atom stereocenters. The summed E-state index contributed by atoms with van der Waals surface area (Å²) in [6.45, 7) is 1.92. The molecule has 0 heterocycles. The van der Waals surface area contributed by atoms with E-state index in [4.69, 9.17) is 4.74 Å². The first-order valence-corrected chi connectivity index (χ1v) is 9.05. The Labute approximate surface area is 157 Å². The van der Waals surface area contributed by atoms with Crippen LogP contribution in [0.1, 0.15) is 36.8 Å². The summed E-state index contributed by atoms with van der Waals surface area (Å²) in [5.41, 5.74) is 4.38. The number of alkyl carbamates (subject to hydrolysis) is 1. The fraction of sp³-hybridized carbons (Fsp3) is 0.333. The molecule has 0 aromatic heterocycles. The number of benzene rings is 2. The highest BCUT2D eigenvalue weighted by Crippen LogP contribution is 2.44. The maximum atomic E-state index is 12.1. The second kappa shape index (κ2) is 8.22. The Kier molecular flexibility index (Phi) is 5.76. The largest absolute Gasteiger partial charge is 0.480 e. The van der Waals surface area contributed by atoms with E-state index >= 15 is 0 Å². The Morgan fingerprint density at radius 2 is 1.63 bits per heavy atom. The zero-order chi connectivity index (χ0) is 19.4.